The predicted octanol–water partition coefficient (Wildman–Crippen LogP) is 3.29. The molecule has 2 N–H and O–H groups in total. The highest BCUT2D eigenvalue weighted by Crippen LogP contribution is 2.33. The number of hydrogen-bond acceptors (Lipinski definition) is 8. The van der Waals surface area contributed by atoms with Crippen LogP contribution in [0, 0.1) is 24.5 Å². The normalized spacial score (nSPS) is 15.1. The Labute approximate surface area is 248 Å². The van der Waals surface area contributed by atoms with E-state index in [-0.39, 0.29) is 54.2 Å². The molecule has 0 bridgehead atoms. The number of nitrogens with two attached hydrogens (primary N) is 1. The van der Waals surface area contributed by atoms with Crippen molar-refractivity contribution in [2.75, 3.05) is 13.1 Å². The zero-order chi connectivity index (χ0) is 31.3. The van der Waals surface area contributed by atoms with Crippen LogP contribution in [0.5, 0.6) is 5.75 Å². The number of sulfonamides is 1. The summed E-state index contributed by atoms with van der Waals surface area (Å²) < 4.78 is 93.7. The van der Waals surface area contributed by atoms with E-state index in [1.807, 2.05) is 0 Å². The summed E-state index contributed by atoms with van der Waals surface area (Å²) in [7, 11) is -4.47. The Kier molecular flexibility index (Phi) is 10.4. The molecule has 17 heteroatoms. The number of piperidine rings is 1. The molecule has 1 aliphatic heterocycles. The van der Waals surface area contributed by atoms with Crippen molar-refractivity contribution in [1.29, 1.82) is 0 Å². The molecule has 0 aliphatic carbocycles. The van der Waals surface area contributed by atoms with Gasteiger partial charge < -0.3 is 9.64 Å². The molecule has 0 saturated carbocycles. The lowest BCUT2D eigenvalue weighted by atomic mass is 9.89. The second-order valence-electron chi connectivity index (χ2n) is 10.1. The Morgan fingerprint density at radius 2 is 1.86 bits per heavy atom. The van der Waals surface area contributed by atoms with Crippen molar-refractivity contribution in [3.63, 3.8) is 0 Å². The second-order valence-corrected chi connectivity index (χ2v) is 12.4. The molecule has 2 heterocycles. The van der Waals surface area contributed by atoms with Crippen LogP contribution >= 0.6 is 0 Å². The zero-order valence-electron chi connectivity index (χ0n) is 23.0. The summed E-state index contributed by atoms with van der Waals surface area (Å²) in [6.07, 6.45) is 1.75. The Morgan fingerprint density at radius 3 is 2.47 bits per heavy atom. The van der Waals surface area contributed by atoms with Gasteiger partial charge in [0.15, 0.2) is 17.5 Å². The summed E-state index contributed by atoms with van der Waals surface area (Å²) >= 11 is 0.0900. The molecular weight excluding hydrogens is 616 g/mol. The van der Waals surface area contributed by atoms with Gasteiger partial charge in [-0.15, -0.1) is 10.2 Å². The van der Waals surface area contributed by atoms with Crippen LogP contribution in [0.1, 0.15) is 53.4 Å². The molecule has 0 radical (unpaired) electrons. The summed E-state index contributed by atoms with van der Waals surface area (Å²) in [6, 6.07) is 6.39. The minimum absolute atomic E-state index is 0.0310. The Hall–Kier alpha value is -3.57. The third-order valence-corrected chi connectivity index (χ3v) is 8.84. The fourth-order valence-corrected chi connectivity index (χ4v) is 6.30. The average Bonchev–Trinajstić information content (AvgIpc) is 3.36. The molecule has 1 aliphatic rings. The van der Waals surface area contributed by atoms with E-state index in [2.05, 4.69) is 20.1 Å². The van der Waals surface area contributed by atoms with Gasteiger partial charge in [-0.1, -0.05) is 6.07 Å². The van der Waals surface area contributed by atoms with Gasteiger partial charge in [-0.25, -0.2) is 22.3 Å². The number of benzene rings is 2. The van der Waals surface area contributed by atoms with Crippen molar-refractivity contribution in [3.8, 4) is 5.75 Å². The number of primary sulfonamides is 1. The van der Waals surface area contributed by atoms with Crippen LogP contribution in [0.3, 0.4) is 0 Å². The molecule has 0 spiro atoms. The van der Waals surface area contributed by atoms with Gasteiger partial charge in [-0.2, -0.15) is 13.6 Å². The highest BCUT2D eigenvalue weighted by Gasteiger charge is 2.35. The van der Waals surface area contributed by atoms with Crippen LogP contribution in [0.25, 0.3) is 0 Å². The number of ether oxygens (including phenoxy) is 1. The van der Waals surface area contributed by atoms with Crippen molar-refractivity contribution in [1.82, 2.24) is 25.1 Å². The van der Waals surface area contributed by atoms with E-state index in [9.17, 15) is 35.0 Å². The number of amides is 1. The lowest BCUT2D eigenvalue weighted by molar-refractivity contribution is -0.132. The van der Waals surface area contributed by atoms with Crippen LogP contribution in [0.2, 0.25) is 0 Å². The largest absolute Gasteiger partial charge is 0.467 e. The molecule has 1 fully saturated rings. The van der Waals surface area contributed by atoms with Crippen LogP contribution in [0.15, 0.2) is 35.2 Å². The lowest BCUT2D eigenvalue weighted by Crippen LogP contribution is -2.38. The van der Waals surface area contributed by atoms with E-state index < -0.39 is 38.4 Å². The summed E-state index contributed by atoms with van der Waals surface area (Å²) in [5.74, 6) is -2.80. The molecule has 1 atom stereocenters. The molecular formula is C26H29F4N6O5S2+. The number of alkyl halides is 2. The van der Waals surface area contributed by atoms with Crippen molar-refractivity contribution in [2.24, 2.45) is 11.1 Å². The third-order valence-electron chi connectivity index (χ3n) is 7.24. The first-order valence-corrected chi connectivity index (χ1v) is 15.6. The number of carbonyl (C=O) groups is 1. The van der Waals surface area contributed by atoms with Crippen molar-refractivity contribution < 1.29 is 39.7 Å². The van der Waals surface area contributed by atoms with Crippen molar-refractivity contribution in [3.05, 3.63) is 64.5 Å². The number of halogens is 4. The smallest absolute Gasteiger partial charge is 0.435 e. The molecule has 232 valence electrons. The van der Waals surface area contributed by atoms with Gasteiger partial charge in [0.05, 0.1) is 12.1 Å². The monoisotopic (exact) mass is 645 g/mol. The molecule has 3 aromatic rings. The maximum atomic E-state index is 14.7. The quantitative estimate of drug-likeness (QED) is 0.233. The maximum Gasteiger partial charge on any atom is 0.467 e. The molecule has 4 rings (SSSR count). The van der Waals surface area contributed by atoms with E-state index in [0.29, 0.717) is 43.7 Å². The van der Waals surface area contributed by atoms with Gasteiger partial charge in [0.25, 0.3) is 5.25 Å². The number of rotatable bonds is 12. The molecule has 11 nitrogen and oxygen atoms in total. The number of tetrazole rings is 1. The Balaban J connectivity index is 1.35. The predicted molar refractivity (Wildman–Crippen MR) is 145 cm³/mol. The Bertz CT molecular complexity index is 1580. The van der Waals surface area contributed by atoms with E-state index >= 15 is 0 Å². The number of aryl methyl sites for hydroxylation is 2. The van der Waals surface area contributed by atoms with Gasteiger partial charge >= 0.3 is 18.3 Å². The highest BCUT2D eigenvalue weighted by atomic mass is 32.2. The fourth-order valence-electron chi connectivity index (χ4n) is 5.07. The molecule has 43 heavy (non-hydrogen) atoms. The van der Waals surface area contributed by atoms with Gasteiger partial charge in [0.2, 0.25) is 15.9 Å². The molecule has 2 aromatic carbocycles. The van der Waals surface area contributed by atoms with E-state index in [1.165, 1.54) is 16.9 Å². The first kappa shape index (κ1) is 32.3. The lowest BCUT2D eigenvalue weighted by Gasteiger charge is -2.32. The number of likely N-dealkylation sites (tertiary alicyclic amines) is 1. The summed E-state index contributed by atoms with van der Waals surface area (Å²) in [5.41, 5.74) is 1.10. The molecule has 1 unspecified atom stereocenters. The van der Waals surface area contributed by atoms with Crippen LogP contribution in [0.4, 0.5) is 17.6 Å². The standard InChI is InChI=1S/C26H29F4N6O5S2/c1-15-32-34-36(33-15)14-18-13-19(41-26(29)30)4-2-17(18)3-7-23(37)35-10-8-16(9-11-35)12-21(42-38)20-5-6-22(43(31,39)40)25(28)24(20)27/h2,4-6,13,16,21,26H,3,7-12,14H2,1H3,(H2,31,39,40)/q+1. The molecule has 1 aromatic heterocycles. The minimum atomic E-state index is -4.47. The van der Waals surface area contributed by atoms with E-state index in [0.717, 1.165) is 17.7 Å². The van der Waals surface area contributed by atoms with Gasteiger partial charge in [-0.05, 0) is 72.7 Å². The molecule has 1 amide bonds. The zero-order valence-corrected chi connectivity index (χ0v) is 24.6. The average molecular weight is 646 g/mol. The summed E-state index contributed by atoms with van der Waals surface area (Å²) in [4.78, 5) is 15.0. The van der Waals surface area contributed by atoms with Gasteiger partial charge in [-0.3, -0.25) is 4.79 Å². The van der Waals surface area contributed by atoms with Gasteiger partial charge in [0.1, 0.15) is 10.6 Å². The number of carbonyl (C=O) groups excluding carboxylic acids is 1. The van der Waals surface area contributed by atoms with Crippen LogP contribution in [-0.2, 0) is 43.7 Å². The van der Waals surface area contributed by atoms with Crippen LogP contribution < -0.4 is 9.88 Å². The van der Waals surface area contributed by atoms with Crippen molar-refractivity contribution >= 4 is 27.6 Å². The fraction of sp³-hybridized carbons (Fsp3) is 0.462. The number of hydrogen-bond donors (Lipinski definition) is 1. The van der Waals surface area contributed by atoms with Crippen molar-refractivity contribution in [2.45, 2.75) is 62.3 Å². The van der Waals surface area contributed by atoms with Gasteiger partial charge in [0, 0.05) is 30.1 Å². The third kappa shape index (κ3) is 8.29. The first-order valence-electron chi connectivity index (χ1n) is 13.2. The first-order chi connectivity index (χ1) is 20.3. The highest BCUT2D eigenvalue weighted by molar-refractivity contribution is 7.89. The maximum absolute atomic E-state index is 14.7. The van der Waals surface area contributed by atoms with Crippen LogP contribution in [-0.4, -0.2) is 59.1 Å². The SMILES string of the molecule is Cc1nnn(Cc2cc(OC(F)F)ccc2CCC(=O)N2CCC(CC([S+]=O)c3ccc(S(N)(=O)=O)c(F)c3F)CC2)n1. The summed E-state index contributed by atoms with van der Waals surface area (Å²) in [6.45, 7) is -0.388. The second kappa shape index (κ2) is 13.8. The minimum Gasteiger partial charge on any atom is -0.435 e. The molecule has 1 saturated heterocycles. The van der Waals surface area contributed by atoms with E-state index in [4.69, 9.17) is 5.14 Å². The topological polar surface area (TPSA) is 150 Å². The van der Waals surface area contributed by atoms with E-state index in [1.54, 1.807) is 17.9 Å². The number of nitrogens with zero attached hydrogens (tertiary/aromatic N) is 5. The summed E-state index contributed by atoms with van der Waals surface area (Å²) in [5, 5.41) is 15.8. The number of aromatic nitrogens is 4. The Morgan fingerprint density at radius 1 is 1.14 bits per heavy atom.